The molecule has 0 saturated carbocycles. The Bertz CT molecular complexity index is 1150. The number of nitrogens with one attached hydrogen (secondary N) is 2. The number of aromatic nitrogens is 2. The molecule has 0 unspecified atom stereocenters. The van der Waals surface area contributed by atoms with E-state index in [0.717, 1.165) is 16.8 Å². The number of aliphatic hydroxyl groups is 1. The van der Waals surface area contributed by atoms with Crippen LogP contribution in [0.1, 0.15) is 66.5 Å². The van der Waals surface area contributed by atoms with Crippen molar-refractivity contribution in [3.8, 4) is 11.3 Å². The zero-order valence-corrected chi connectivity index (χ0v) is 23.6. The molecule has 38 heavy (non-hydrogen) atoms. The third-order valence-electron chi connectivity index (χ3n) is 6.52. The fraction of sp³-hybridized carbons (Fsp3) is 0.571. The van der Waals surface area contributed by atoms with E-state index in [9.17, 15) is 19.5 Å². The van der Waals surface area contributed by atoms with Crippen molar-refractivity contribution in [1.82, 2.24) is 25.3 Å². The van der Waals surface area contributed by atoms with Gasteiger partial charge in [-0.3, -0.25) is 14.3 Å². The molecule has 10 nitrogen and oxygen atoms in total. The summed E-state index contributed by atoms with van der Waals surface area (Å²) in [5.41, 5.74) is 1.50. The number of carbonyl (C=O) groups is 3. The summed E-state index contributed by atoms with van der Waals surface area (Å²) in [6.45, 7) is 12.6. The molecule has 2 aromatic rings. The number of β-amino-alcohol motifs (C(OH)–C–C–N with tert-alkyl or cyclic N) is 1. The van der Waals surface area contributed by atoms with Gasteiger partial charge in [0, 0.05) is 26.2 Å². The van der Waals surface area contributed by atoms with Gasteiger partial charge in [0.1, 0.15) is 17.7 Å². The van der Waals surface area contributed by atoms with Crippen LogP contribution in [0.15, 0.2) is 36.5 Å². The Labute approximate surface area is 224 Å². The predicted molar refractivity (Wildman–Crippen MR) is 144 cm³/mol. The van der Waals surface area contributed by atoms with Gasteiger partial charge in [-0.05, 0) is 50.3 Å². The fourth-order valence-electron chi connectivity index (χ4n) is 4.54. The first-order valence-electron chi connectivity index (χ1n) is 12.9. The summed E-state index contributed by atoms with van der Waals surface area (Å²) in [5, 5.41) is 20.3. The number of aryl methyl sites for hydroxylation is 1. The highest BCUT2D eigenvalue weighted by atomic mass is 16.6. The smallest absolute Gasteiger partial charge is 0.408 e. The molecule has 4 atom stereocenters. The van der Waals surface area contributed by atoms with Gasteiger partial charge in [0.25, 0.3) is 0 Å². The summed E-state index contributed by atoms with van der Waals surface area (Å²) in [6, 6.07) is 7.63. The van der Waals surface area contributed by atoms with Crippen LogP contribution >= 0.6 is 0 Å². The summed E-state index contributed by atoms with van der Waals surface area (Å²) < 4.78 is 7.15. The van der Waals surface area contributed by atoms with Gasteiger partial charge in [0.15, 0.2) is 0 Å². The van der Waals surface area contributed by atoms with E-state index in [4.69, 9.17) is 4.74 Å². The fourth-order valence-corrected chi connectivity index (χ4v) is 4.54. The molecule has 0 spiro atoms. The van der Waals surface area contributed by atoms with Crippen molar-refractivity contribution in [2.75, 3.05) is 6.54 Å². The molecular formula is C28H41N5O5. The van der Waals surface area contributed by atoms with Crippen molar-refractivity contribution in [2.45, 2.75) is 84.7 Å². The van der Waals surface area contributed by atoms with Gasteiger partial charge in [0.2, 0.25) is 11.8 Å². The zero-order valence-electron chi connectivity index (χ0n) is 23.6. The Kier molecular flexibility index (Phi) is 8.55. The van der Waals surface area contributed by atoms with Crippen molar-refractivity contribution in [1.29, 1.82) is 0 Å². The first-order chi connectivity index (χ1) is 17.6. The first kappa shape index (κ1) is 29.2. The SMILES string of the molecule is C[C@H](NC(=O)[C@@H]1C[C@@H](O)CN1C(=O)[C@@H](NC(=O)OC(C)(C)C)C(C)(C)C)c1ccc(-c2ccnn2C)cc1. The molecule has 208 valence electrons. The number of carbonyl (C=O) groups excluding carboxylic acids is 3. The first-order valence-corrected chi connectivity index (χ1v) is 12.9. The predicted octanol–water partition coefficient (Wildman–Crippen LogP) is 3.17. The highest BCUT2D eigenvalue weighted by molar-refractivity contribution is 5.92. The molecular weight excluding hydrogens is 486 g/mol. The molecule has 3 amide bonds. The molecule has 1 fully saturated rings. The van der Waals surface area contributed by atoms with E-state index in [1.807, 2.05) is 65.1 Å². The molecule has 3 rings (SSSR count). The third-order valence-corrected chi connectivity index (χ3v) is 6.52. The summed E-state index contributed by atoms with van der Waals surface area (Å²) in [7, 11) is 1.88. The normalized spacial score (nSPS) is 19.6. The number of hydrogen-bond acceptors (Lipinski definition) is 6. The quantitative estimate of drug-likeness (QED) is 0.530. The maximum atomic E-state index is 13.6. The number of alkyl carbamates (subject to hydrolysis) is 1. The van der Waals surface area contributed by atoms with E-state index in [0.29, 0.717) is 0 Å². The average Bonchev–Trinajstić information content (AvgIpc) is 3.40. The third kappa shape index (κ3) is 7.12. The number of hydrogen-bond donors (Lipinski definition) is 3. The average molecular weight is 528 g/mol. The van der Waals surface area contributed by atoms with Crippen molar-refractivity contribution in [2.24, 2.45) is 12.5 Å². The molecule has 1 saturated heterocycles. The van der Waals surface area contributed by atoms with Crippen molar-refractivity contribution >= 4 is 17.9 Å². The lowest BCUT2D eigenvalue weighted by Crippen LogP contribution is -2.58. The minimum Gasteiger partial charge on any atom is -0.444 e. The van der Waals surface area contributed by atoms with Gasteiger partial charge in [-0.15, -0.1) is 0 Å². The van der Waals surface area contributed by atoms with E-state index >= 15 is 0 Å². The molecule has 2 heterocycles. The van der Waals surface area contributed by atoms with E-state index in [1.165, 1.54) is 4.90 Å². The van der Waals surface area contributed by atoms with Crippen LogP contribution in [-0.4, -0.2) is 68.0 Å². The van der Waals surface area contributed by atoms with Gasteiger partial charge >= 0.3 is 6.09 Å². The Morgan fingerprint density at radius 2 is 1.68 bits per heavy atom. The zero-order chi connectivity index (χ0) is 28.4. The van der Waals surface area contributed by atoms with E-state index < -0.39 is 41.2 Å². The van der Waals surface area contributed by atoms with Crippen LogP contribution in [0.4, 0.5) is 4.79 Å². The van der Waals surface area contributed by atoms with Crippen LogP contribution in [0.2, 0.25) is 0 Å². The molecule has 0 radical (unpaired) electrons. The largest absolute Gasteiger partial charge is 0.444 e. The molecule has 1 aromatic heterocycles. The standard InChI is InChI=1S/C28H41N5O5/c1-17(18-9-11-19(12-10-18)21-13-14-29-32(21)8)30-24(35)22-15-20(34)16-33(22)25(36)23(27(2,3)4)31-26(37)38-28(5,6)7/h9-14,17,20,22-23,34H,15-16H2,1-8H3,(H,30,35)(H,31,37)/t17-,20+,22-,23+/m0/s1. The lowest BCUT2D eigenvalue weighted by atomic mass is 9.85. The van der Waals surface area contributed by atoms with Crippen LogP contribution in [0.5, 0.6) is 0 Å². The summed E-state index contributed by atoms with van der Waals surface area (Å²) in [6.07, 6.45) is 0.301. The van der Waals surface area contributed by atoms with Crippen LogP contribution < -0.4 is 10.6 Å². The number of nitrogens with zero attached hydrogens (tertiary/aromatic N) is 3. The van der Waals surface area contributed by atoms with Gasteiger partial charge in [-0.1, -0.05) is 45.0 Å². The lowest BCUT2D eigenvalue weighted by molar-refractivity contribution is -0.142. The van der Waals surface area contributed by atoms with E-state index in [2.05, 4.69) is 15.7 Å². The minimum atomic E-state index is -0.949. The molecule has 0 aliphatic carbocycles. The van der Waals surface area contributed by atoms with Crippen molar-refractivity contribution in [3.05, 3.63) is 42.1 Å². The number of rotatable bonds is 6. The summed E-state index contributed by atoms with van der Waals surface area (Å²) in [4.78, 5) is 40.8. The molecule has 1 aliphatic heterocycles. The maximum Gasteiger partial charge on any atom is 0.408 e. The number of amides is 3. The van der Waals surface area contributed by atoms with Crippen LogP contribution in [-0.2, 0) is 21.4 Å². The van der Waals surface area contributed by atoms with Gasteiger partial charge in [-0.2, -0.15) is 5.10 Å². The molecule has 0 bridgehead atoms. The topological polar surface area (TPSA) is 126 Å². The number of likely N-dealkylation sites (tertiary alicyclic amines) is 1. The Morgan fingerprint density at radius 3 is 2.21 bits per heavy atom. The lowest BCUT2D eigenvalue weighted by Gasteiger charge is -2.35. The molecule has 1 aromatic carbocycles. The van der Waals surface area contributed by atoms with Crippen LogP contribution in [0.25, 0.3) is 11.3 Å². The van der Waals surface area contributed by atoms with E-state index in [-0.39, 0.29) is 24.9 Å². The van der Waals surface area contributed by atoms with Crippen LogP contribution in [0, 0.1) is 5.41 Å². The molecule has 1 aliphatic rings. The second-order valence-electron chi connectivity index (χ2n) is 12.0. The Morgan fingerprint density at radius 1 is 1.05 bits per heavy atom. The number of aliphatic hydroxyl groups excluding tert-OH is 1. The number of ether oxygens (including phenoxy) is 1. The Hall–Kier alpha value is -3.40. The second-order valence-corrected chi connectivity index (χ2v) is 12.0. The van der Waals surface area contributed by atoms with Gasteiger partial charge < -0.3 is 25.4 Å². The van der Waals surface area contributed by atoms with Gasteiger partial charge in [0.05, 0.1) is 17.8 Å². The summed E-state index contributed by atoms with van der Waals surface area (Å²) >= 11 is 0. The van der Waals surface area contributed by atoms with Crippen LogP contribution in [0.3, 0.4) is 0 Å². The maximum absolute atomic E-state index is 13.6. The second kappa shape index (κ2) is 11.1. The van der Waals surface area contributed by atoms with E-state index in [1.54, 1.807) is 31.6 Å². The number of benzene rings is 1. The van der Waals surface area contributed by atoms with Crippen molar-refractivity contribution in [3.63, 3.8) is 0 Å². The molecule has 10 heteroatoms. The Balaban J connectivity index is 1.72. The highest BCUT2D eigenvalue weighted by Crippen LogP contribution is 2.27. The van der Waals surface area contributed by atoms with Crippen molar-refractivity contribution < 1.29 is 24.2 Å². The monoisotopic (exact) mass is 527 g/mol. The highest BCUT2D eigenvalue weighted by Gasteiger charge is 2.45. The minimum absolute atomic E-state index is 0.00722. The summed E-state index contributed by atoms with van der Waals surface area (Å²) in [5.74, 6) is -0.795. The molecule has 3 N–H and O–H groups in total. The van der Waals surface area contributed by atoms with Gasteiger partial charge in [-0.25, -0.2) is 4.79 Å².